The molecule has 0 spiro atoms. The Balaban J connectivity index is 1.52. The van der Waals surface area contributed by atoms with Gasteiger partial charge in [0.2, 0.25) is 0 Å². The van der Waals surface area contributed by atoms with Crippen molar-refractivity contribution in [2.45, 2.75) is 26.4 Å². The van der Waals surface area contributed by atoms with Crippen LogP contribution >= 0.6 is 0 Å². The second kappa shape index (κ2) is 11.6. The van der Waals surface area contributed by atoms with E-state index in [9.17, 15) is 14.0 Å². The number of carbonyl (C=O) groups excluding carboxylic acids is 2. The van der Waals surface area contributed by atoms with E-state index in [-0.39, 0.29) is 23.7 Å². The van der Waals surface area contributed by atoms with Crippen LogP contribution < -0.4 is 25.1 Å². The smallest absolute Gasteiger partial charge is 0.305 e. The summed E-state index contributed by atoms with van der Waals surface area (Å²) in [6.45, 7) is 2.67. The normalized spacial score (nSPS) is 10.4. The number of methoxy groups -OCH3 is 1. The molecule has 33 heavy (non-hydrogen) atoms. The van der Waals surface area contributed by atoms with Crippen LogP contribution in [-0.2, 0) is 6.61 Å². The maximum absolute atomic E-state index is 12.9. The maximum Gasteiger partial charge on any atom is 0.305 e. The van der Waals surface area contributed by atoms with Gasteiger partial charge in [-0.25, -0.2) is 4.39 Å². The van der Waals surface area contributed by atoms with Crippen LogP contribution in [0, 0.1) is 5.82 Å². The number of benzene rings is 2. The Morgan fingerprint density at radius 2 is 1.70 bits per heavy atom. The lowest BCUT2D eigenvalue weighted by atomic mass is 10.2. The third kappa shape index (κ3) is 6.73. The summed E-state index contributed by atoms with van der Waals surface area (Å²) in [6.07, 6.45) is 1.91. The third-order valence-electron chi connectivity index (χ3n) is 4.55. The first kappa shape index (κ1) is 23.6. The average molecular weight is 456 g/mol. The molecule has 1 heterocycles. The molecular formula is C24H25FN2O6. The van der Waals surface area contributed by atoms with Crippen LogP contribution in [0.1, 0.15) is 46.4 Å². The van der Waals surface area contributed by atoms with E-state index < -0.39 is 11.8 Å². The number of hydrogen-bond donors (Lipinski definition) is 2. The number of halogens is 1. The molecule has 2 N–H and O–H groups in total. The Labute approximate surface area is 190 Å². The molecule has 3 aromatic rings. The minimum atomic E-state index is -0.636. The molecule has 0 bridgehead atoms. The SMILES string of the molecule is CCCCOc1ccc(C(=O)NNC(=O)c2ccc(COc3ccc(F)cc3)o2)cc1OC. The van der Waals surface area contributed by atoms with Gasteiger partial charge in [0, 0.05) is 5.56 Å². The third-order valence-corrected chi connectivity index (χ3v) is 4.55. The lowest BCUT2D eigenvalue weighted by Gasteiger charge is -2.12. The van der Waals surface area contributed by atoms with Crippen molar-refractivity contribution < 1.29 is 32.6 Å². The van der Waals surface area contributed by atoms with E-state index in [0.29, 0.717) is 29.6 Å². The summed E-state index contributed by atoms with van der Waals surface area (Å²) in [5.41, 5.74) is 4.91. The molecule has 9 heteroatoms. The van der Waals surface area contributed by atoms with Crippen molar-refractivity contribution in [3.8, 4) is 17.2 Å². The van der Waals surface area contributed by atoms with Crippen molar-refractivity contribution in [2.24, 2.45) is 0 Å². The highest BCUT2D eigenvalue weighted by atomic mass is 19.1. The summed E-state index contributed by atoms with van der Waals surface area (Å²) < 4.78 is 34.8. The first-order valence-electron chi connectivity index (χ1n) is 10.4. The van der Waals surface area contributed by atoms with E-state index in [1.54, 1.807) is 18.2 Å². The Morgan fingerprint density at radius 1 is 0.939 bits per heavy atom. The summed E-state index contributed by atoms with van der Waals surface area (Å²) in [5, 5.41) is 0. The maximum atomic E-state index is 12.9. The molecule has 2 amide bonds. The fourth-order valence-electron chi connectivity index (χ4n) is 2.76. The van der Waals surface area contributed by atoms with Gasteiger partial charge in [-0.05, 0) is 61.0 Å². The summed E-state index contributed by atoms with van der Waals surface area (Å²) in [5.74, 6) is 0.263. The minimum absolute atomic E-state index is 0.00902. The highest BCUT2D eigenvalue weighted by Crippen LogP contribution is 2.28. The summed E-state index contributed by atoms with van der Waals surface area (Å²) in [4.78, 5) is 24.7. The van der Waals surface area contributed by atoms with Crippen LogP contribution in [-0.4, -0.2) is 25.5 Å². The number of carbonyl (C=O) groups is 2. The largest absolute Gasteiger partial charge is 0.493 e. The van der Waals surface area contributed by atoms with Gasteiger partial charge >= 0.3 is 5.91 Å². The van der Waals surface area contributed by atoms with Gasteiger partial charge in [-0.1, -0.05) is 13.3 Å². The number of furan rings is 1. The van der Waals surface area contributed by atoms with E-state index >= 15 is 0 Å². The van der Waals surface area contributed by atoms with Crippen LogP contribution in [0.5, 0.6) is 17.2 Å². The Kier molecular flexibility index (Phi) is 8.29. The predicted molar refractivity (Wildman–Crippen MR) is 118 cm³/mol. The second-order valence-electron chi connectivity index (χ2n) is 6.98. The highest BCUT2D eigenvalue weighted by Gasteiger charge is 2.15. The Bertz CT molecular complexity index is 1080. The van der Waals surface area contributed by atoms with Gasteiger partial charge < -0.3 is 18.6 Å². The van der Waals surface area contributed by atoms with Gasteiger partial charge in [-0.3, -0.25) is 20.4 Å². The number of rotatable bonds is 10. The fraction of sp³-hybridized carbons (Fsp3) is 0.250. The van der Waals surface area contributed by atoms with Crippen molar-refractivity contribution in [3.63, 3.8) is 0 Å². The molecule has 0 radical (unpaired) electrons. The zero-order valence-corrected chi connectivity index (χ0v) is 18.4. The summed E-state index contributed by atoms with van der Waals surface area (Å²) in [6, 6.07) is 13.3. The molecule has 1 aromatic heterocycles. The van der Waals surface area contributed by atoms with Crippen LogP contribution in [0.3, 0.4) is 0 Å². The predicted octanol–water partition coefficient (Wildman–Crippen LogP) is 4.26. The van der Waals surface area contributed by atoms with Crippen LogP contribution in [0.2, 0.25) is 0 Å². The fourth-order valence-corrected chi connectivity index (χ4v) is 2.76. The quantitative estimate of drug-likeness (QED) is 0.349. The van der Waals surface area contributed by atoms with E-state index in [4.69, 9.17) is 18.6 Å². The standard InChI is InChI=1S/C24H25FN2O6/c1-3-4-13-31-20-11-5-16(14-22(20)30-2)23(28)26-27-24(29)21-12-10-19(33-21)15-32-18-8-6-17(25)7-9-18/h5-12,14H,3-4,13,15H2,1-2H3,(H,26,28)(H,27,29). The van der Waals surface area contributed by atoms with Crippen LogP contribution in [0.15, 0.2) is 59.0 Å². The molecule has 0 unspecified atom stereocenters. The monoisotopic (exact) mass is 456 g/mol. The molecule has 0 saturated carbocycles. The van der Waals surface area contributed by atoms with Crippen LogP contribution in [0.4, 0.5) is 4.39 Å². The molecule has 0 aliphatic carbocycles. The average Bonchev–Trinajstić information content (AvgIpc) is 3.31. The van der Waals surface area contributed by atoms with Gasteiger partial charge in [0.15, 0.2) is 17.3 Å². The van der Waals surface area contributed by atoms with Crippen LogP contribution in [0.25, 0.3) is 0 Å². The molecule has 174 valence electrons. The molecule has 0 aliphatic rings. The van der Waals surface area contributed by atoms with Gasteiger partial charge in [0.25, 0.3) is 5.91 Å². The topological polar surface area (TPSA) is 99.0 Å². The van der Waals surface area contributed by atoms with Gasteiger partial charge in [0.05, 0.1) is 13.7 Å². The van der Waals surface area contributed by atoms with Crippen molar-refractivity contribution in [1.29, 1.82) is 0 Å². The van der Waals surface area contributed by atoms with Crippen molar-refractivity contribution in [3.05, 3.63) is 77.5 Å². The molecule has 0 atom stereocenters. The molecule has 3 rings (SSSR count). The Hall–Kier alpha value is -4.01. The number of unbranched alkanes of at least 4 members (excludes halogenated alkanes) is 1. The van der Waals surface area contributed by atoms with Gasteiger partial charge in [0.1, 0.15) is 23.9 Å². The zero-order valence-electron chi connectivity index (χ0n) is 18.4. The zero-order chi connectivity index (χ0) is 23.6. The summed E-state index contributed by atoms with van der Waals surface area (Å²) >= 11 is 0. The second-order valence-corrected chi connectivity index (χ2v) is 6.98. The number of amides is 2. The van der Waals surface area contributed by atoms with Gasteiger partial charge in [-0.2, -0.15) is 0 Å². The van der Waals surface area contributed by atoms with E-state index in [0.717, 1.165) is 12.8 Å². The molecule has 8 nitrogen and oxygen atoms in total. The van der Waals surface area contributed by atoms with E-state index in [1.807, 2.05) is 0 Å². The highest BCUT2D eigenvalue weighted by molar-refractivity contribution is 5.98. The molecular weight excluding hydrogens is 431 g/mol. The molecule has 2 aromatic carbocycles. The molecule has 0 saturated heterocycles. The molecule has 0 fully saturated rings. The van der Waals surface area contributed by atoms with Gasteiger partial charge in [-0.15, -0.1) is 0 Å². The van der Waals surface area contributed by atoms with E-state index in [1.165, 1.54) is 43.5 Å². The first-order chi connectivity index (χ1) is 16.0. The number of ether oxygens (including phenoxy) is 3. The number of hydrogen-bond acceptors (Lipinski definition) is 6. The lowest BCUT2D eigenvalue weighted by molar-refractivity contribution is 0.0828. The summed E-state index contributed by atoms with van der Waals surface area (Å²) in [7, 11) is 1.49. The van der Waals surface area contributed by atoms with E-state index in [2.05, 4.69) is 17.8 Å². The molecule has 0 aliphatic heterocycles. The van der Waals surface area contributed by atoms with Crippen molar-refractivity contribution in [1.82, 2.24) is 10.9 Å². The lowest BCUT2D eigenvalue weighted by Crippen LogP contribution is -2.41. The number of hydrazine groups is 1. The first-order valence-corrected chi connectivity index (χ1v) is 10.4. The van der Waals surface area contributed by atoms with Crippen molar-refractivity contribution in [2.75, 3.05) is 13.7 Å². The van der Waals surface area contributed by atoms with Crippen molar-refractivity contribution >= 4 is 11.8 Å². The Morgan fingerprint density at radius 3 is 2.42 bits per heavy atom. The number of nitrogens with one attached hydrogen (secondary N) is 2. The minimum Gasteiger partial charge on any atom is -0.493 e.